The molecule has 1 aliphatic heterocycles. The molecule has 0 unspecified atom stereocenters. The largest absolute Gasteiger partial charge is 0.387 e. The molecular weight excluding hydrogens is 292 g/mol. The number of nitrogens with zero attached hydrogens (tertiary/aromatic N) is 4. The number of aromatic nitrogens is 3. The summed E-state index contributed by atoms with van der Waals surface area (Å²) in [5.41, 5.74) is 2.32. The van der Waals surface area contributed by atoms with Crippen molar-refractivity contribution in [2.75, 3.05) is 19.7 Å². The molecule has 2 aliphatic rings. The van der Waals surface area contributed by atoms with E-state index in [4.69, 9.17) is 4.74 Å². The summed E-state index contributed by atoms with van der Waals surface area (Å²) in [6, 6.07) is 8.31. The average molecular weight is 314 g/mol. The number of rotatable bonds is 3. The van der Waals surface area contributed by atoms with Crippen molar-refractivity contribution in [3.63, 3.8) is 0 Å². The van der Waals surface area contributed by atoms with E-state index in [1.165, 1.54) is 5.56 Å². The van der Waals surface area contributed by atoms with Crippen LogP contribution in [0, 0.1) is 0 Å². The fraction of sp³-hybridized carbons (Fsp3) is 0.529. The van der Waals surface area contributed by atoms with Gasteiger partial charge in [-0.15, -0.1) is 10.2 Å². The second kappa shape index (κ2) is 6.03. The zero-order valence-corrected chi connectivity index (χ0v) is 13.3. The van der Waals surface area contributed by atoms with Gasteiger partial charge in [0.15, 0.2) is 5.82 Å². The zero-order chi connectivity index (χ0) is 15.8. The number of aliphatic hydroxyl groups excluding tert-OH is 1. The minimum atomic E-state index is -0.422. The van der Waals surface area contributed by atoms with E-state index in [9.17, 15) is 5.11 Å². The van der Waals surface area contributed by atoms with Crippen LogP contribution in [0.15, 0.2) is 30.6 Å². The second-order valence-electron chi connectivity index (χ2n) is 6.24. The van der Waals surface area contributed by atoms with Gasteiger partial charge < -0.3 is 14.4 Å². The Bertz CT molecular complexity index is 687. The van der Waals surface area contributed by atoms with Crippen LogP contribution in [0.1, 0.15) is 36.1 Å². The Balaban J connectivity index is 1.53. The summed E-state index contributed by atoms with van der Waals surface area (Å²) >= 11 is 0. The van der Waals surface area contributed by atoms with Crippen molar-refractivity contribution in [1.29, 1.82) is 0 Å². The van der Waals surface area contributed by atoms with Gasteiger partial charge in [-0.2, -0.15) is 0 Å². The number of aryl methyl sites for hydroxylation is 1. The molecule has 2 aromatic rings. The van der Waals surface area contributed by atoms with Crippen molar-refractivity contribution in [1.82, 2.24) is 19.7 Å². The molecule has 1 aromatic heterocycles. The van der Waals surface area contributed by atoms with E-state index in [0.717, 1.165) is 37.4 Å². The summed E-state index contributed by atoms with van der Waals surface area (Å²) in [5, 5.41) is 18.9. The Morgan fingerprint density at radius 3 is 3.04 bits per heavy atom. The molecule has 23 heavy (non-hydrogen) atoms. The minimum absolute atomic E-state index is 0.0814. The normalized spacial score (nSPS) is 28.0. The first kappa shape index (κ1) is 14.8. The highest BCUT2D eigenvalue weighted by Crippen LogP contribution is 2.36. The Morgan fingerprint density at radius 1 is 1.35 bits per heavy atom. The number of benzene rings is 1. The molecule has 0 radical (unpaired) electrons. The number of aliphatic hydroxyl groups is 1. The summed E-state index contributed by atoms with van der Waals surface area (Å²) in [6.07, 6.45) is 2.14. The van der Waals surface area contributed by atoms with Crippen LogP contribution in [-0.2, 0) is 17.7 Å². The molecule has 1 N–H and O–H groups in total. The Hall–Kier alpha value is -1.76. The summed E-state index contributed by atoms with van der Waals surface area (Å²) in [6.45, 7) is 5.15. The van der Waals surface area contributed by atoms with E-state index in [0.29, 0.717) is 6.61 Å². The molecule has 0 bridgehead atoms. The van der Waals surface area contributed by atoms with Gasteiger partial charge in [0.05, 0.1) is 12.7 Å². The summed E-state index contributed by atoms with van der Waals surface area (Å²) in [5.74, 6) is 0.877. The highest BCUT2D eigenvalue weighted by Gasteiger charge is 2.38. The first-order valence-corrected chi connectivity index (χ1v) is 8.27. The molecule has 2 heterocycles. The molecule has 3 atom stereocenters. The zero-order valence-electron chi connectivity index (χ0n) is 13.3. The third kappa shape index (κ3) is 2.56. The lowest BCUT2D eigenvalue weighted by molar-refractivity contribution is -0.0677. The molecular formula is C17H22N4O2. The fourth-order valence-electron chi connectivity index (χ4n) is 3.77. The van der Waals surface area contributed by atoms with Crippen LogP contribution >= 0.6 is 0 Å². The molecule has 1 aliphatic carbocycles. The van der Waals surface area contributed by atoms with Crippen LogP contribution in [-0.4, -0.2) is 50.5 Å². The van der Waals surface area contributed by atoms with Crippen molar-refractivity contribution in [3.05, 3.63) is 47.5 Å². The predicted octanol–water partition coefficient (Wildman–Crippen LogP) is 1.33. The van der Waals surface area contributed by atoms with Gasteiger partial charge in [0.2, 0.25) is 0 Å². The smallest absolute Gasteiger partial charge is 0.163 e. The summed E-state index contributed by atoms with van der Waals surface area (Å²) in [4.78, 5) is 2.34. The molecule has 0 spiro atoms. The lowest BCUT2D eigenvalue weighted by atomic mass is 10.1. The Kier molecular flexibility index (Phi) is 3.88. The Morgan fingerprint density at radius 2 is 2.22 bits per heavy atom. The SMILES string of the molecule is CCn1cnnc1[C@@H]1CN([C@@H]2Cc3ccccc3[C@@H]2O)CCO1. The van der Waals surface area contributed by atoms with E-state index < -0.39 is 6.10 Å². The van der Waals surface area contributed by atoms with Crippen LogP contribution in [0.5, 0.6) is 0 Å². The maximum Gasteiger partial charge on any atom is 0.163 e. The van der Waals surface area contributed by atoms with Gasteiger partial charge in [-0.1, -0.05) is 24.3 Å². The third-order valence-corrected chi connectivity index (χ3v) is 5.01. The molecule has 0 amide bonds. The first-order valence-electron chi connectivity index (χ1n) is 8.27. The maximum atomic E-state index is 10.7. The van der Waals surface area contributed by atoms with E-state index in [2.05, 4.69) is 28.1 Å². The maximum absolute atomic E-state index is 10.7. The van der Waals surface area contributed by atoms with Crippen LogP contribution < -0.4 is 0 Å². The third-order valence-electron chi connectivity index (χ3n) is 5.01. The molecule has 1 aromatic carbocycles. The highest BCUT2D eigenvalue weighted by molar-refractivity contribution is 5.36. The van der Waals surface area contributed by atoms with Crippen LogP contribution in [0.4, 0.5) is 0 Å². The van der Waals surface area contributed by atoms with Crippen LogP contribution in [0.25, 0.3) is 0 Å². The fourth-order valence-corrected chi connectivity index (χ4v) is 3.77. The van der Waals surface area contributed by atoms with Gasteiger partial charge in [-0.25, -0.2) is 0 Å². The van der Waals surface area contributed by atoms with Crippen molar-refractivity contribution < 1.29 is 9.84 Å². The molecule has 1 fully saturated rings. The van der Waals surface area contributed by atoms with Crippen molar-refractivity contribution in [2.24, 2.45) is 0 Å². The predicted molar refractivity (Wildman–Crippen MR) is 84.9 cm³/mol. The van der Waals surface area contributed by atoms with Crippen LogP contribution in [0.2, 0.25) is 0 Å². The molecule has 4 rings (SSSR count). The first-order chi connectivity index (χ1) is 11.3. The van der Waals surface area contributed by atoms with Crippen LogP contribution in [0.3, 0.4) is 0 Å². The quantitative estimate of drug-likeness (QED) is 0.926. The number of hydrogen-bond acceptors (Lipinski definition) is 5. The van der Waals surface area contributed by atoms with Gasteiger partial charge in [-0.05, 0) is 24.5 Å². The molecule has 0 saturated carbocycles. The summed E-state index contributed by atoms with van der Waals surface area (Å²) < 4.78 is 7.94. The molecule has 122 valence electrons. The Labute approximate surface area is 135 Å². The van der Waals surface area contributed by atoms with E-state index in [1.54, 1.807) is 6.33 Å². The lowest BCUT2D eigenvalue weighted by Gasteiger charge is -2.37. The number of hydrogen-bond donors (Lipinski definition) is 1. The van der Waals surface area contributed by atoms with Gasteiger partial charge in [0.25, 0.3) is 0 Å². The second-order valence-corrected chi connectivity index (χ2v) is 6.24. The van der Waals surface area contributed by atoms with E-state index >= 15 is 0 Å². The van der Waals surface area contributed by atoms with E-state index in [-0.39, 0.29) is 12.1 Å². The van der Waals surface area contributed by atoms with Crippen molar-refractivity contribution >= 4 is 0 Å². The number of fused-ring (bicyclic) bond motifs is 1. The van der Waals surface area contributed by atoms with Crippen molar-refractivity contribution in [2.45, 2.75) is 38.1 Å². The number of morpholine rings is 1. The van der Waals surface area contributed by atoms with Gasteiger partial charge in [0, 0.05) is 25.7 Å². The minimum Gasteiger partial charge on any atom is -0.387 e. The summed E-state index contributed by atoms with van der Waals surface area (Å²) in [7, 11) is 0. The standard InChI is InChI=1S/C17H22N4O2/c1-2-20-11-18-19-17(20)15-10-21(7-8-23-15)14-9-12-5-3-4-6-13(12)16(14)22/h3-6,11,14-16,22H,2,7-10H2,1H3/t14-,15+,16+/m1/s1. The number of ether oxygens (including phenoxy) is 1. The molecule has 6 nitrogen and oxygen atoms in total. The van der Waals surface area contributed by atoms with E-state index in [1.807, 2.05) is 22.8 Å². The lowest BCUT2D eigenvalue weighted by Crippen LogP contribution is -2.47. The molecule has 6 heteroatoms. The monoisotopic (exact) mass is 314 g/mol. The highest BCUT2D eigenvalue weighted by atomic mass is 16.5. The molecule has 1 saturated heterocycles. The van der Waals surface area contributed by atoms with Gasteiger partial charge in [0.1, 0.15) is 12.4 Å². The average Bonchev–Trinajstić information content (AvgIpc) is 3.20. The van der Waals surface area contributed by atoms with Gasteiger partial charge in [-0.3, -0.25) is 4.90 Å². The topological polar surface area (TPSA) is 63.4 Å². The van der Waals surface area contributed by atoms with Crippen molar-refractivity contribution in [3.8, 4) is 0 Å². The van der Waals surface area contributed by atoms with Gasteiger partial charge >= 0.3 is 0 Å².